The number of nitrogens with one attached hydrogen (secondary N) is 1. The van der Waals surface area contributed by atoms with Crippen molar-refractivity contribution >= 4 is 11.6 Å². The highest BCUT2D eigenvalue weighted by atomic mass is 16.5. The number of benzene rings is 1. The second-order valence-corrected chi connectivity index (χ2v) is 3.66. The first-order valence-electron chi connectivity index (χ1n) is 5.39. The average Bonchev–Trinajstić information content (AvgIpc) is 2.28. The van der Waals surface area contributed by atoms with Gasteiger partial charge in [-0.25, -0.2) is 0 Å². The van der Waals surface area contributed by atoms with Crippen molar-refractivity contribution in [2.75, 3.05) is 18.9 Å². The molecule has 0 aliphatic rings. The number of hydrogen-bond donors (Lipinski definition) is 2. The minimum atomic E-state index is -0.110. The lowest BCUT2D eigenvalue weighted by Gasteiger charge is -2.08. The summed E-state index contributed by atoms with van der Waals surface area (Å²) in [5.41, 5.74) is 7.40. The van der Waals surface area contributed by atoms with Gasteiger partial charge in [0.05, 0.1) is 0 Å². The molecule has 4 heteroatoms. The highest BCUT2D eigenvalue weighted by molar-refractivity contribution is 5.77. The van der Waals surface area contributed by atoms with Crippen LogP contribution in [-0.4, -0.2) is 19.1 Å². The van der Waals surface area contributed by atoms with Gasteiger partial charge in [0, 0.05) is 18.3 Å². The maximum absolute atomic E-state index is 11.3. The summed E-state index contributed by atoms with van der Waals surface area (Å²) in [7, 11) is 0. The van der Waals surface area contributed by atoms with Gasteiger partial charge >= 0.3 is 0 Å². The van der Waals surface area contributed by atoms with E-state index in [2.05, 4.69) is 5.32 Å². The van der Waals surface area contributed by atoms with Crippen molar-refractivity contribution in [1.29, 1.82) is 0 Å². The molecule has 1 aromatic rings. The molecule has 1 rings (SSSR count). The van der Waals surface area contributed by atoms with E-state index in [9.17, 15) is 4.79 Å². The van der Waals surface area contributed by atoms with Crippen LogP contribution in [0.5, 0.6) is 5.75 Å². The van der Waals surface area contributed by atoms with Crippen LogP contribution >= 0.6 is 0 Å². The van der Waals surface area contributed by atoms with Crippen molar-refractivity contribution in [3.63, 3.8) is 0 Å². The van der Waals surface area contributed by atoms with Crippen molar-refractivity contribution < 1.29 is 9.53 Å². The van der Waals surface area contributed by atoms with Crippen LogP contribution in [0.3, 0.4) is 0 Å². The second-order valence-electron chi connectivity index (χ2n) is 3.66. The summed E-state index contributed by atoms with van der Waals surface area (Å²) in [5.74, 6) is 0.510. The summed E-state index contributed by atoms with van der Waals surface area (Å²) in [6.45, 7) is 4.63. The molecule has 0 atom stereocenters. The van der Waals surface area contributed by atoms with Gasteiger partial charge < -0.3 is 15.8 Å². The third kappa shape index (κ3) is 3.81. The van der Waals surface area contributed by atoms with Crippen molar-refractivity contribution in [3.05, 3.63) is 23.8 Å². The largest absolute Gasteiger partial charge is 0.484 e. The molecular formula is C12H18N2O2. The van der Waals surface area contributed by atoms with E-state index in [1.807, 2.05) is 19.9 Å². The van der Waals surface area contributed by atoms with Gasteiger partial charge in [-0.15, -0.1) is 0 Å². The van der Waals surface area contributed by atoms with Crippen LogP contribution in [0.4, 0.5) is 5.69 Å². The normalized spacial score (nSPS) is 9.88. The highest BCUT2D eigenvalue weighted by Gasteiger charge is 2.02. The fourth-order valence-electron chi connectivity index (χ4n) is 1.17. The van der Waals surface area contributed by atoms with Gasteiger partial charge in [-0.05, 0) is 25.0 Å². The molecule has 0 radical (unpaired) electrons. The van der Waals surface area contributed by atoms with Crippen LogP contribution in [0.1, 0.15) is 18.9 Å². The van der Waals surface area contributed by atoms with E-state index in [4.69, 9.17) is 10.5 Å². The topological polar surface area (TPSA) is 64.3 Å². The fourth-order valence-corrected chi connectivity index (χ4v) is 1.17. The Bertz CT molecular complexity index is 364. The van der Waals surface area contributed by atoms with Crippen LogP contribution in [0.25, 0.3) is 0 Å². The van der Waals surface area contributed by atoms with E-state index in [-0.39, 0.29) is 12.5 Å². The van der Waals surface area contributed by atoms with Crippen LogP contribution < -0.4 is 15.8 Å². The molecule has 0 heterocycles. The van der Waals surface area contributed by atoms with E-state index in [0.29, 0.717) is 18.0 Å². The van der Waals surface area contributed by atoms with Crippen LogP contribution in [0.15, 0.2) is 18.2 Å². The number of hydrogen-bond acceptors (Lipinski definition) is 3. The zero-order chi connectivity index (χ0) is 12.0. The smallest absolute Gasteiger partial charge is 0.257 e. The van der Waals surface area contributed by atoms with Crippen LogP contribution in [0, 0.1) is 6.92 Å². The maximum atomic E-state index is 11.3. The number of rotatable bonds is 5. The molecule has 0 aliphatic heterocycles. The highest BCUT2D eigenvalue weighted by Crippen LogP contribution is 2.18. The second kappa shape index (κ2) is 6.00. The van der Waals surface area contributed by atoms with Gasteiger partial charge in [-0.2, -0.15) is 0 Å². The molecule has 0 bridgehead atoms. The summed E-state index contributed by atoms with van der Waals surface area (Å²) >= 11 is 0. The van der Waals surface area contributed by atoms with Crippen molar-refractivity contribution in [2.24, 2.45) is 0 Å². The van der Waals surface area contributed by atoms with Crippen molar-refractivity contribution in [2.45, 2.75) is 20.3 Å². The minimum Gasteiger partial charge on any atom is -0.484 e. The molecule has 0 fully saturated rings. The van der Waals surface area contributed by atoms with Crippen LogP contribution in [-0.2, 0) is 4.79 Å². The lowest BCUT2D eigenvalue weighted by atomic mass is 10.2. The van der Waals surface area contributed by atoms with Crippen molar-refractivity contribution in [1.82, 2.24) is 5.32 Å². The lowest BCUT2D eigenvalue weighted by Crippen LogP contribution is -2.29. The Hall–Kier alpha value is -1.71. The zero-order valence-corrected chi connectivity index (χ0v) is 9.75. The quantitative estimate of drug-likeness (QED) is 0.742. The first kappa shape index (κ1) is 12.4. The summed E-state index contributed by atoms with van der Waals surface area (Å²) < 4.78 is 5.31. The van der Waals surface area contributed by atoms with E-state index >= 15 is 0 Å². The Balaban J connectivity index is 2.42. The molecular weight excluding hydrogens is 204 g/mol. The molecule has 88 valence electrons. The van der Waals surface area contributed by atoms with Gasteiger partial charge in [-0.1, -0.05) is 13.0 Å². The maximum Gasteiger partial charge on any atom is 0.257 e. The number of nitrogen functional groups attached to an aromatic ring is 1. The molecule has 3 N–H and O–H groups in total. The third-order valence-corrected chi connectivity index (χ3v) is 2.19. The first-order chi connectivity index (χ1) is 7.63. The average molecular weight is 222 g/mol. The van der Waals surface area contributed by atoms with Crippen molar-refractivity contribution in [3.8, 4) is 5.75 Å². The molecule has 0 unspecified atom stereocenters. The standard InChI is InChI=1S/C12H18N2O2/c1-3-6-14-12(15)8-16-10-5-4-9(2)11(13)7-10/h4-5,7H,3,6,8,13H2,1-2H3,(H,14,15). The lowest BCUT2D eigenvalue weighted by molar-refractivity contribution is -0.123. The van der Waals surface area contributed by atoms with Gasteiger partial charge in [0.1, 0.15) is 5.75 Å². The minimum absolute atomic E-state index is 0.0303. The predicted molar refractivity (Wildman–Crippen MR) is 64.4 cm³/mol. The number of nitrogens with two attached hydrogens (primary N) is 1. The monoisotopic (exact) mass is 222 g/mol. The van der Waals surface area contributed by atoms with Gasteiger partial charge in [0.15, 0.2) is 6.61 Å². The number of amides is 1. The Morgan fingerprint density at radius 1 is 1.50 bits per heavy atom. The summed E-state index contributed by atoms with van der Waals surface area (Å²) in [6.07, 6.45) is 0.920. The molecule has 0 spiro atoms. The van der Waals surface area contributed by atoms with E-state index in [0.717, 1.165) is 12.0 Å². The molecule has 0 aromatic heterocycles. The number of ether oxygens (including phenoxy) is 1. The molecule has 16 heavy (non-hydrogen) atoms. The summed E-state index contributed by atoms with van der Waals surface area (Å²) in [5, 5.41) is 2.73. The first-order valence-corrected chi connectivity index (χ1v) is 5.39. The molecule has 1 amide bonds. The predicted octanol–water partition coefficient (Wildman–Crippen LogP) is 1.48. The molecule has 0 saturated heterocycles. The van der Waals surface area contributed by atoms with Gasteiger partial charge in [0.2, 0.25) is 0 Å². The van der Waals surface area contributed by atoms with Gasteiger partial charge in [0.25, 0.3) is 5.91 Å². The molecule has 1 aromatic carbocycles. The van der Waals surface area contributed by atoms with E-state index in [1.54, 1.807) is 12.1 Å². The molecule has 4 nitrogen and oxygen atoms in total. The Labute approximate surface area is 95.8 Å². The number of carbonyl (C=O) groups excluding carboxylic acids is 1. The number of anilines is 1. The molecule has 0 saturated carbocycles. The Kier molecular flexibility index (Phi) is 4.64. The fraction of sp³-hybridized carbons (Fsp3) is 0.417. The SMILES string of the molecule is CCCNC(=O)COc1ccc(C)c(N)c1. The zero-order valence-electron chi connectivity index (χ0n) is 9.75. The van der Waals surface area contributed by atoms with Gasteiger partial charge in [-0.3, -0.25) is 4.79 Å². The summed E-state index contributed by atoms with van der Waals surface area (Å²) in [6, 6.07) is 5.40. The Morgan fingerprint density at radius 2 is 2.25 bits per heavy atom. The number of carbonyl (C=O) groups is 1. The van der Waals surface area contributed by atoms with Crippen LogP contribution in [0.2, 0.25) is 0 Å². The number of aryl methyl sites for hydroxylation is 1. The van der Waals surface area contributed by atoms with E-state index in [1.165, 1.54) is 0 Å². The summed E-state index contributed by atoms with van der Waals surface area (Å²) in [4.78, 5) is 11.3. The Morgan fingerprint density at radius 3 is 2.88 bits per heavy atom. The van der Waals surface area contributed by atoms with E-state index < -0.39 is 0 Å². The third-order valence-electron chi connectivity index (χ3n) is 2.19. The molecule has 0 aliphatic carbocycles.